The molecule has 0 aromatic heterocycles. The molecule has 0 amide bonds. The number of carbonyl (C=O) groups is 2. The van der Waals surface area contributed by atoms with Crippen LogP contribution in [0.1, 0.15) is 104 Å². The molecule has 0 saturated heterocycles. The highest BCUT2D eigenvalue weighted by atomic mass is 16.5. The van der Waals surface area contributed by atoms with E-state index < -0.39 is 5.97 Å². The molecule has 27 heavy (non-hydrogen) atoms. The van der Waals surface area contributed by atoms with Gasteiger partial charge in [-0.25, -0.2) is 0 Å². The minimum Gasteiger partial charge on any atom is -0.481 e. The maximum Gasteiger partial charge on any atom is 0.306 e. The van der Waals surface area contributed by atoms with Crippen molar-refractivity contribution in [1.82, 2.24) is 0 Å². The van der Waals surface area contributed by atoms with Crippen LogP contribution in [0.2, 0.25) is 0 Å². The van der Waals surface area contributed by atoms with Crippen LogP contribution < -0.4 is 0 Å². The topological polar surface area (TPSA) is 63.6 Å². The number of rotatable bonds is 18. The molecule has 0 aromatic rings. The number of hydrogen-bond acceptors (Lipinski definition) is 3. The SMILES string of the molecule is CC/C=C\CCCC(CCC/C=C\CC)OC(=O)CCCCCCC(=O)O. The van der Waals surface area contributed by atoms with Gasteiger partial charge in [0, 0.05) is 12.8 Å². The van der Waals surface area contributed by atoms with Crippen LogP contribution in [0, 0.1) is 0 Å². The van der Waals surface area contributed by atoms with Gasteiger partial charge in [-0.2, -0.15) is 0 Å². The van der Waals surface area contributed by atoms with Gasteiger partial charge in [0.2, 0.25) is 0 Å². The van der Waals surface area contributed by atoms with Crippen molar-refractivity contribution >= 4 is 11.9 Å². The molecule has 0 unspecified atom stereocenters. The number of esters is 1. The maximum absolute atomic E-state index is 12.1. The summed E-state index contributed by atoms with van der Waals surface area (Å²) < 4.78 is 5.73. The summed E-state index contributed by atoms with van der Waals surface area (Å²) >= 11 is 0. The predicted octanol–water partition coefficient (Wildman–Crippen LogP) is 6.60. The number of carboxylic acids is 1. The molecule has 0 aliphatic heterocycles. The van der Waals surface area contributed by atoms with Crippen molar-refractivity contribution < 1.29 is 19.4 Å². The number of hydrogen-bond donors (Lipinski definition) is 1. The van der Waals surface area contributed by atoms with E-state index in [2.05, 4.69) is 38.2 Å². The molecule has 0 atom stereocenters. The summed E-state index contributed by atoms with van der Waals surface area (Å²) in [4.78, 5) is 22.6. The lowest BCUT2D eigenvalue weighted by atomic mass is 10.0. The van der Waals surface area contributed by atoms with E-state index in [1.165, 1.54) is 0 Å². The lowest BCUT2D eigenvalue weighted by molar-refractivity contribution is -0.150. The van der Waals surface area contributed by atoms with E-state index in [-0.39, 0.29) is 18.5 Å². The van der Waals surface area contributed by atoms with E-state index in [4.69, 9.17) is 9.84 Å². The second kappa shape index (κ2) is 19.2. The molecule has 0 bridgehead atoms. The highest BCUT2D eigenvalue weighted by molar-refractivity contribution is 5.69. The molecule has 0 rings (SSSR count). The molecule has 4 heteroatoms. The van der Waals surface area contributed by atoms with Crippen LogP contribution in [-0.4, -0.2) is 23.1 Å². The first kappa shape index (κ1) is 25.4. The van der Waals surface area contributed by atoms with E-state index in [9.17, 15) is 9.59 Å². The van der Waals surface area contributed by atoms with E-state index in [0.29, 0.717) is 12.8 Å². The predicted molar refractivity (Wildman–Crippen MR) is 112 cm³/mol. The third-order valence-electron chi connectivity index (χ3n) is 4.42. The Kier molecular flexibility index (Phi) is 18.1. The van der Waals surface area contributed by atoms with Gasteiger partial charge in [0.05, 0.1) is 0 Å². The summed E-state index contributed by atoms with van der Waals surface area (Å²) in [6.07, 6.45) is 20.8. The molecule has 0 aromatic carbocycles. The summed E-state index contributed by atoms with van der Waals surface area (Å²) in [6.45, 7) is 4.26. The van der Waals surface area contributed by atoms with E-state index >= 15 is 0 Å². The lowest BCUT2D eigenvalue weighted by Crippen LogP contribution is -2.18. The van der Waals surface area contributed by atoms with Crippen molar-refractivity contribution in [3.05, 3.63) is 24.3 Å². The molecule has 0 spiro atoms. The Bertz CT molecular complexity index is 406. The van der Waals surface area contributed by atoms with Crippen molar-refractivity contribution in [2.75, 3.05) is 0 Å². The molecule has 0 radical (unpaired) electrons. The van der Waals surface area contributed by atoms with Gasteiger partial charge in [-0.15, -0.1) is 0 Å². The zero-order chi connectivity index (χ0) is 20.2. The fourth-order valence-electron chi connectivity index (χ4n) is 2.90. The van der Waals surface area contributed by atoms with Crippen LogP contribution in [0.5, 0.6) is 0 Å². The van der Waals surface area contributed by atoms with Crippen LogP contribution >= 0.6 is 0 Å². The van der Waals surface area contributed by atoms with Crippen LogP contribution in [-0.2, 0) is 14.3 Å². The second-order valence-corrected chi connectivity index (χ2v) is 7.04. The molecule has 0 heterocycles. The van der Waals surface area contributed by atoms with Crippen molar-refractivity contribution in [3.63, 3.8) is 0 Å². The Morgan fingerprint density at radius 1 is 0.778 bits per heavy atom. The van der Waals surface area contributed by atoms with Crippen molar-refractivity contribution in [3.8, 4) is 0 Å². The quantitative estimate of drug-likeness (QED) is 0.165. The first-order valence-electron chi connectivity index (χ1n) is 10.8. The minimum atomic E-state index is -0.750. The highest BCUT2D eigenvalue weighted by Crippen LogP contribution is 2.15. The fourth-order valence-corrected chi connectivity index (χ4v) is 2.90. The van der Waals surface area contributed by atoms with Gasteiger partial charge >= 0.3 is 11.9 Å². The summed E-state index contributed by atoms with van der Waals surface area (Å²) in [5.74, 6) is -0.855. The number of carboxylic acid groups (broad SMARTS) is 1. The van der Waals surface area contributed by atoms with Crippen LogP contribution in [0.25, 0.3) is 0 Å². The molecule has 1 N–H and O–H groups in total. The van der Waals surface area contributed by atoms with Gasteiger partial charge in [0.15, 0.2) is 0 Å². The zero-order valence-corrected chi connectivity index (χ0v) is 17.5. The van der Waals surface area contributed by atoms with Crippen LogP contribution in [0.4, 0.5) is 0 Å². The van der Waals surface area contributed by atoms with Crippen molar-refractivity contribution in [2.24, 2.45) is 0 Å². The van der Waals surface area contributed by atoms with E-state index in [1.54, 1.807) is 0 Å². The Hall–Kier alpha value is -1.58. The summed E-state index contributed by atoms with van der Waals surface area (Å²) in [5.41, 5.74) is 0. The third kappa shape index (κ3) is 19.0. The Morgan fingerprint density at radius 3 is 1.78 bits per heavy atom. The Morgan fingerprint density at radius 2 is 1.30 bits per heavy atom. The Labute approximate surface area is 166 Å². The average molecular weight is 381 g/mol. The normalized spacial score (nSPS) is 11.7. The van der Waals surface area contributed by atoms with Crippen LogP contribution in [0.3, 0.4) is 0 Å². The molecule has 0 aliphatic rings. The van der Waals surface area contributed by atoms with E-state index in [1.807, 2.05) is 0 Å². The average Bonchev–Trinajstić information content (AvgIpc) is 2.63. The fraction of sp³-hybridized carbons (Fsp3) is 0.739. The largest absolute Gasteiger partial charge is 0.481 e. The first-order valence-corrected chi connectivity index (χ1v) is 10.8. The van der Waals surface area contributed by atoms with Gasteiger partial charge < -0.3 is 9.84 Å². The minimum absolute atomic E-state index is 0.0227. The zero-order valence-electron chi connectivity index (χ0n) is 17.5. The van der Waals surface area contributed by atoms with Crippen molar-refractivity contribution in [1.29, 1.82) is 0 Å². The molecule has 0 fully saturated rings. The van der Waals surface area contributed by atoms with Gasteiger partial charge in [0.25, 0.3) is 0 Å². The van der Waals surface area contributed by atoms with Gasteiger partial charge in [-0.3, -0.25) is 9.59 Å². The number of allylic oxidation sites excluding steroid dienone is 4. The van der Waals surface area contributed by atoms with Gasteiger partial charge in [-0.1, -0.05) is 51.0 Å². The van der Waals surface area contributed by atoms with E-state index in [0.717, 1.165) is 70.6 Å². The molecular weight excluding hydrogens is 340 g/mol. The lowest BCUT2D eigenvalue weighted by Gasteiger charge is -2.17. The smallest absolute Gasteiger partial charge is 0.306 e. The first-order chi connectivity index (χ1) is 13.1. The molecule has 156 valence electrons. The maximum atomic E-state index is 12.1. The summed E-state index contributed by atoms with van der Waals surface area (Å²) in [5, 5.41) is 8.61. The number of unbranched alkanes of at least 4 members (excludes halogenated alkanes) is 5. The number of aliphatic carboxylic acids is 1. The molecule has 0 aliphatic carbocycles. The number of ether oxygens (including phenoxy) is 1. The summed E-state index contributed by atoms with van der Waals surface area (Å²) in [7, 11) is 0. The monoisotopic (exact) mass is 380 g/mol. The Balaban J connectivity index is 4.09. The van der Waals surface area contributed by atoms with Crippen molar-refractivity contribution in [2.45, 2.75) is 110 Å². The third-order valence-corrected chi connectivity index (χ3v) is 4.42. The summed E-state index contributed by atoms with van der Waals surface area (Å²) in [6, 6.07) is 0. The van der Waals surface area contributed by atoms with Gasteiger partial charge in [0.1, 0.15) is 6.10 Å². The highest BCUT2D eigenvalue weighted by Gasteiger charge is 2.13. The molecular formula is C23H40O4. The standard InChI is InChI=1S/C23H40O4/c1-3-5-7-9-13-17-21(18-14-10-8-6-4-2)27-23(26)20-16-12-11-15-19-22(24)25/h5-8,21H,3-4,9-20H2,1-2H3,(H,24,25)/b7-5-,8-6-. The second-order valence-electron chi connectivity index (χ2n) is 7.04. The molecule has 4 nitrogen and oxygen atoms in total. The molecule has 0 saturated carbocycles. The number of carbonyl (C=O) groups excluding carboxylic acids is 1. The van der Waals surface area contributed by atoms with Crippen LogP contribution in [0.15, 0.2) is 24.3 Å². The van der Waals surface area contributed by atoms with Gasteiger partial charge in [-0.05, 0) is 64.2 Å².